The van der Waals surface area contributed by atoms with Gasteiger partial charge in [-0.15, -0.1) is 11.8 Å². The van der Waals surface area contributed by atoms with Crippen LogP contribution in [0, 0.1) is 0 Å². The van der Waals surface area contributed by atoms with Crippen molar-refractivity contribution in [1.29, 1.82) is 0 Å². The molecular weight excluding hydrogens is 408 g/mol. The highest BCUT2D eigenvalue weighted by molar-refractivity contribution is 8.15. The van der Waals surface area contributed by atoms with Gasteiger partial charge in [0.2, 0.25) is 0 Å². The molecule has 31 heavy (non-hydrogen) atoms. The minimum atomic E-state index is -0.463. The molecule has 0 aliphatic carbocycles. The maximum absolute atomic E-state index is 12.6. The number of hydrogen-bond donors (Lipinski definition) is 1. The van der Waals surface area contributed by atoms with E-state index in [1.54, 1.807) is 18.9 Å². The molecule has 7 heteroatoms. The van der Waals surface area contributed by atoms with Crippen LogP contribution in [0.1, 0.15) is 31.7 Å². The molecule has 0 bridgehead atoms. The second-order valence-corrected chi connectivity index (χ2v) is 8.80. The Hall–Kier alpha value is -2.80. The first kappa shape index (κ1) is 21.4. The van der Waals surface area contributed by atoms with Gasteiger partial charge in [0.25, 0.3) is 0 Å². The number of methoxy groups -OCH3 is 1. The number of nitrogens with zero attached hydrogens (tertiary/aromatic N) is 3. The summed E-state index contributed by atoms with van der Waals surface area (Å²) < 4.78 is 5.29. The molecule has 0 atom stereocenters. The van der Waals surface area contributed by atoms with Crippen LogP contribution in [0.5, 0.6) is 5.75 Å². The van der Waals surface area contributed by atoms with Crippen LogP contribution in [0.25, 0.3) is 0 Å². The third-order valence-electron chi connectivity index (χ3n) is 5.51. The maximum atomic E-state index is 12.6. The van der Waals surface area contributed by atoms with E-state index >= 15 is 0 Å². The number of piperidine rings is 1. The summed E-state index contributed by atoms with van der Waals surface area (Å²) in [4.78, 5) is 24.7. The molecule has 1 fully saturated rings. The molecule has 162 valence electrons. The van der Waals surface area contributed by atoms with Crippen LogP contribution in [0.3, 0.4) is 0 Å². The Labute approximate surface area is 187 Å². The van der Waals surface area contributed by atoms with E-state index in [1.165, 1.54) is 0 Å². The molecule has 6 nitrogen and oxygen atoms in total. The monoisotopic (exact) mass is 436 g/mol. The average molecular weight is 437 g/mol. The quantitative estimate of drug-likeness (QED) is 0.712. The van der Waals surface area contributed by atoms with Crippen molar-refractivity contribution in [3.63, 3.8) is 0 Å². The van der Waals surface area contributed by atoms with Crippen molar-refractivity contribution in [3.8, 4) is 5.75 Å². The minimum absolute atomic E-state index is 0.0667. The lowest BCUT2D eigenvalue weighted by molar-refractivity contribution is 0.175. The fourth-order valence-electron chi connectivity index (χ4n) is 3.77. The van der Waals surface area contributed by atoms with E-state index in [4.69, 9.17) is 14.7 Å². The second-order valence-electron chi connectivity index (χ2n) is 7.72. The van der Waals surface area contributed by atoms with E-state index < -0.39 is 5.66 Å². The molecule has 1 N–H and O–H groups in total. The van der Waals surface area contributed by atoms with Crippen LogP contribution in [0.2, 0.25) is 0 Å². The Bertz CT molecular complexity index is 965. The summed E-state index contributed by atoms with van der Waals surface area (Å²) in [7, 11) is 1.67. The summed E-state index contributed by atoms with van der Waals surface area (Å²) in [5.74, 6) is 1.84. The van der Waals surface area contributed by atoms with Gasteiger partial charge in [0, 0.05) is 37.2 Å². The zero-order valence-corrected chi connectivity index (χ0v) is 18.8. The van der Waals surface area contributed by atoms with Crippen molar-refractivity contribution < 1.29 is 9.53 Å². The van der Waals surface area contributed by atoms with E-state index in [0.29, 0.717) is 13.1 Å². The highest BCUT2D eigenvalue weighted by Crippen LogP contribution is 2.36. The number of likely N-dealkylation sites (tertiary alicyclic amines) is 1. The summed E-state index contributed by atoms with van der Waals surface area (Å²) in [6.45, 7) is 3.44. The summed E-state index contributed by atoms with van der Waals surface area (Å²) in [6.07, 6.45) is 2.54. The summed E-state index contributed by atoms with van der Waals surface area (Å²) >= 11 is 1.77. The zero-order chi connectivity index (χ0) is 21.7. The standard InChI is InChI=1S/C24H28N4O2S/c1-3-17-31-22-21(18-9-11-20(30-2)12-10-18)26-24(27-22)13-15-28(16-14-24)23(29)25-19-7-5-4-6-8-19/h4-12H,3,13-17H2,1-2H3,(H,25,29). The molecule has 2 amide bonds. The van der Waals surface area contributed by atoms with E-state index in [2.05, 4.69) is 12.2 Å². The summed E-state index contributed by atoms with van der Waals surface area (Å²) in [5.41, 5.74) is 2.37. The number of nitrogens with one attached hydrogen (secondary N) is 1. The van der Waals surface area contributed by atoms with Gasteiger partial charge in [-0.1, -0.05) is 25.1 Å². The van der Waals surface area contributed by atoms with Crippen LogP contribution in [0.4, 0.5) is 10.5 Å². The molecule has 0 saturated carbocycles. The highest BCUT2D eigenvalue weighted by Gasteiger charge is 2.40. The molecule has 1 spiro atoms. The Morgan fingerprint density at radius 2 is 1.81 bits per heavy atom. The second kappa shape index (κ2) is 9.56. The Morgan fingerprint density at radius 1 is 1.10 bits per heavy atom. The van der Waals surface area contributed by atoms with Crippen LogP contribution in [-0.2, 0) is 0 Å². The molecule has 2 aromatic carbocycles. The third-order valence-corrected chi connectivity index (χ3v) is 6.69. The first-order valence-electron chi connectivity index (χ1n) is 10.7. The summed E-state index contributed by atoms with van der Waals surface area (Å²) in [5, 5.41) is 3.98. The van der Waals surface area contributed by atoms with Crippen LogP contribution >= 0.6 is 11.8 Å². The predicted octanol–water partition coefficient (Wildman–Crippen LogP) is 5.06. The van der Waals surface area contributed by atoms with Crippen molar-refractivity contribution in [2.45, 2.75) is 31.8 Å². The van der Waals surface area contributed by atoms with Gasteiger partial charge in [-0.05, 0) is 48.6 Å². The number of thioether (sulfide) groups is 1. The smallest absolute Gasteiger partial charge is 0.321 e. The first-order chi connectivity index (χ1) is 15.1. The topological polar surface area (TPSA) is 66.3 Å². The molecule has 4 rings (SSSR count). The lowest BCUT2D eigenvalue weighted by Gasteiger charge is -2.35. The number of amides is 2. The molecule has 2 aliphatic rings. The van der Waals surface area contributed by atoms with Crippen molar-refractivity contribution in [2.24, 2.45) is 9.98 Å². The van der Waals surface area contributed by atoms with Gasteiger partial charge in [-0.2, -0.15) is 0 Å². The number of urea groups is 1. The van der Waals surface area contributed by atoms with E-state index in [9.17, 15) is 4.79 Å². The number of aliphatic imine (C=N–C) groups is 2. The lowest BCUT2D eigenvalue weighted by atomic mass is 9.98. The molecule has 1 saturated heterocycles. The Kier molecular flexibility index (Phi) is 6.61. The number of carbonyl (C=O) groups is 1. The predicted molar refractivity (Wildman–Crippen MR) is 129 cm³/mol. The Balaban J connectivity index is 1.48. The van der Waals surface area contributed by atoms with Crippen molar-refractivity contribution in [2.75, 3.05) is 31.3 Å². The van der Waals surface area contributed by atoms with Crippen LogP contribution in [0.15, 0.2) is 64.6 Å². The van der Waals surface area contributed by atoms with Gasteiger partial charge in [-0.25, -0.2) is 9.79 Å². The van der Waals surface area contributed by atoms with E-state index in [0.717, 1.165) is 52.8 Å². The highest BCUT2D eigenvalue weighted by atomic mass is 32.2. The molecule has 0 aromatic heterocycles. The molecule has 0 radical (unpaired) electrons. The zero-order valence-electron chi connectivity index (χ0n) is 18.0. The largest absolute Gasteiger partial charge is 0.497 e. The number of ether oxygens (including phenoxy) is 1. The van der Waals surface area contributed by atoms with Crippen molar-refractivity contribution >= 4 is 34.2 Å². The van der Waals surface area contributed by atoms with E-state index in [1.807, 2.05) is 59.5 Å². The van der Waals surface area contributed by atoms with Gasteiger partial charge in [0.1, 0.15) is 10.8 Å². The minimum Gasteiger partial charge on any atom is -0.497 e. The number of para-hydroxylation sites is 1. The average Bonchev–Trinajstić information content (AvgIpc) is 3.16. The van der Waals surface area contributed by atoms with Crippen molar-refractivity contribution in [3.05, 3.63) is 60.2 Å². The van der Waals surface area contributed by atoms with Crippen molar-refractivity contribution in [1.82, 2.24) is 4.90 Å². The molecule has 2 aromatic rings. The van der Waals surface area contributed by atoms with E-state index in [-0.39, 0.29) is 6.03 Å². The van der Waals surface area contributed by atoms with Crippen LogP contribution in [-0.4, -0.2) is 53.3 Å². The normalized spacial score (nSPS) is 17.3. The molecule has 0 unspecified atom stereocenters. The van der Waals surface area contributed by atoms with Gasteiger partial charge in [-0.3, -0.25) is 4.99 Å². The molecular formula is C24H28N4O2S. The first-order valence-corrected chi connectivity index (χ1v) is 11.7. The Morgan fingerprint density at radius 3 is 2.45 bits per heavy atom. The number of rotatable bonds is 5. The summed E-state index contributed by atoms with van der Waals surface area (Å²) in [6, 6.07) is 17.5. The third kappa shape index (κ3) is 4.93. The van der Waals surface area contributed by atoms with Gasteiger partial charge in [0.15, 0.2) is 5.66 Å². The van der Waals surface area contributed by atoms with Gasteiger partial charge < -0.3 is 15.0 Å². The fourth-order valence-corrected chi connectivity index (χ4v) is 4.71. The lowest BCUT2D eigenvalue weighted by Crippen LogP contribution is -2.46. The van der Waals surface area contributed by atoms with Crippen LogP contribution < -0.4 is 10.1 Å². The van der Waals surface area contributed by atoms with Gasteiger partial charge >= 0.3 is 6.03 Å². The molecule has 2 heterocycles. The fraction of sp³-hybridized carbons (Fsp3) is 0.375. The number of carbonyl (C=O) groups excluding carboxylic acids is 1. The van der Waals surface area contributed by atoms with Gasteiger partial charge in [0.05, 0.1) is 12.8 Å². The number of benzene rings is 2. The molecule has 2 aliphatic heterocycles. The SMILES string of the molecule is CCCSC1=NC2(CCN(C(=O)Nc3ccccc3)CC2)N=C1c1ccc(OC)cc1. The number of anilines is 1. The number of hydrogen-bond acceptors (Lipinski definition) is 5. The maximum Gasteiger partial charge on any atom is 0.321 e.